The number of rotatable bonds is 3. The highest BCUT2D eigenvalue weighted by molar-refractivity contribution is 14.1. The molecule has 1 N–H and O–H groups in total. The molecule has 4 heteroatoms. The first-order valence-corrected chi connectivity index (χ1v) is 7.31. The molecular formula is C14H11BrFIO. The standard InChI is InChI=1S/C14H11BrFIO/c15-12-6-5-10(17)8-11(12)14(18)7-9-3-1-2-4-13(9)16/h1-6,8,14,18H,7H2. The molecule has 18 heavy (non-hydrogen) atoms. The smallest absolute Gasteiger partial charge is 0.126 e. The van der Waals surface area contributed by atoms with Crippen molar-refractivity contribution in [2.45, 2.75) is 12.5 Å². The summed E-state index contributed by atoms with van der Waals surface area (Å²) in [5, 5.41) is 10.2. The van der Waals surface area contributed by atoms with E-state index in [-0.39, 0.29) is 12.2 Å². The van der Waals surface area contributed by atoms with Gasteiger partial charge in [-0.25, -0.2) is 4.39 Å². The molecule has 0 fully saturated rings. The largest absolute Gasteiger partial charge is 0.388 e. The third kappa shape index (κ3) is 3.30. The van der Waals surface area contributed by atoms with E-state index in [0.29, 0.717) is 5.56 Å². The van der Waals surface area contributed by atoms with Crippen LogP contribution in [0.1, 0.15) is 17.2 Å². The zero-order chi connectivity index (χ0) is 13.1. The molecule has 1 unspecified atom stereocenters. The van der Waals surface area contributed by atoms with Gasteiger partial charge in [0.15, 0.2) is 0 Å². The maximum Gasteiger partial charge on any atom is 0.126 e. The molecule has 2 rings (SSSR count). The number of hydrogen-bond donors (Lipinski definition) is 1. The van der Waals surface area contributed by atoms with E-state index in [1.807, 2.05) is 18.2 Å². The molecule has 0 aliphatic heterocycles. The first-order chi connectivity index (χ1) is 8.58. The number of aliphatic hydroxyl groups excluding tert-OH is 1. The van der Waals surface area contributed by atoms with Gasteiger partial charge in [-0.15, -0.1) is 0 Å². The molecule has 2 aromatic carbocycles. The summed E-state index contributed by atoms with van der Waals surface area (Å²) in [4.78, 5) is 0. The van der Waals surface area contributed by atoms with Crippen LogP contribution in [0.4, 0.5) is 4.39 Å². The van der Waals surface area contributed by atoms with Gasteiger partial charge in [0.2, 0.25) is 0 Å². The van der Waals surface area contributed by atoms with Gasteiger partial charge in [-0.1, -0.05) is 34.1 Å². The van der Waals surface area contributed by atoms with Crippen LogP contribution in [0.3, 0.4) is 0 Å². The predicted molar refractivity (Wildman–Crippen MR) is 81.9 cm³/mol. The second kappa shape index (κ2) is 6.12. The van der Waals surface area contributed by atoms with E-state index in [0.717, 1.165) is 13.6 Å². The fourth-order valence-electron chi connectivity index (χ4n) is 1.75. The normalized spacial score (nSPS) is 12.4. The lowest BCUT2D eigenvalue weighted by Crippen LogP contribution is -2.04. The van der Waals surface area contributed by atoms with E-state index in [9.17, 15) is 9.50 Å². The van der Waals surface area contributed by atoms with Crippen LogP contribution >= 0.6 is 38.5 Å². The van der Waals surface area contributed by atoms with Crippen molar-refractivity contribution in [2.75, 3.05) is 0 Å². The molecule has 0 amide bonds. The summed E-state index contributed by atoms with van der Waals surface area (Å²) in [6, 6.07) is 12.3. The molecule has 0 heterocycles. The number of hydrogen-bond acceptors (Lipinski definition) is 1. The average Bonchev–Trinajstić information content (AvgIpc) is 2.35. The summed E-state index contributed by atoms with van der Waals surface area (Å²) in [5.41, 5.74) is 1.31. The Kier molecular flexibility index (Phi) is 4.75. The van der Waals surface area contributed by atoms with Crippen LogP contribution in [0.25, 0.3) is 0 Å². The molecule has 94 valence electrons. The van der Waals surface area contributed by atoms with E-state index >= 15 is 0 Å². The molecule has 1 nitrogen and oxygen atoms in total. The highest BCUT2D eigenvalue weighted by atomic mass is 127. The van der Waals surface area contributed by atoms with Gasteiger partial charge >= 0.3 is 0 Å². The summed E-state index contributed by atoms with van der Waals surface area (Å²) in [7, 11) is 0. The van der Waals surface area contributed by atoms with Crippen LogP contribution in [0.5, 0.6) is 0 Å². The maximum atomic E-state index is 13.5. The molecule has 1 atom stereocenters. The fourth-order valence-corrected chi connectivity index (χ4v) is 2.78. The predicted octanol–water partition coefficient (Wildman–Crippen LogP) is 4.47. The van der Waals surface area contributed by atoms with E-state index in [1.54, 1.807) is 18.2 Å². The Bertz CT molecular complexity index is 559. The third-order valence-corrected chi connectivity index (χ3v) is 4.08. The Morgan fingerprint density at radius 2 is 1.94 bits per heavy atom. The van der Waals surface area contributed by atoms with Gasteiger partial charge in [0, 0.05) is 14.5 Å². The lowest BCUT2D eigenvalue weighted by Gasteiger charge is -2.14. The topological polar surface area (TPSA) is 20.2 Å². The lowest BCUT2D eigenvalue weighted by atomic mass is 10.0. The highest BCUT2D eigenvalue weighted by Crippen LogP contribution is 2.28. The van der Waals surface area contributed by atoms with Gasteiger partial charge in [-0.3, -0.25) is 0 Å². The van der Waals surface area contributed by atoms with Crippen LogP contribution in [0, 0.1) is 9.39 Å². The van der Waals surface area contributed by atoms with E-state index in [2.05, 4.69) is 38.5 Å². The first kappa shape index (κ1) is 14.0. The Morgan fingerprint density at radius 3 is 2.67 bits per heavy atom. The first-order valence-electron chi connectivity index (χ1n) is 5.44. The van der Waals surface area contributed by atoms with Crippen LogP contribution in [0.15, 0.2) is 46.9 Å². The molecule has 0 saturated carbocycles. The molecule has 2 aromatic rings. The molecule has 0 bridgehead atoms. The van der Waals surface area contributed by atoms with Gasteiger partial charge in [-0.2, -0.15) is 0 Å². The summed E-state index contributed by atoms with van der Waals surface area (Å²) >= 11 is 5.59. The molecule has 0 spiro atoms. The van der Waals surface area contributed by atoms with E-state index in [1.165, 1.54) is 6.07 Å². The zero-order valence-electron chi connectivity index (χ0n) is 9.41. The number of aliphatic hydroxyl groups is 1. The fraction of sp³-hybridized carbons (Fsp3) is 0.143. The Hall–Kier alpha value is -0.460. The minimum absolute atomic E-state index is 0.269. The zero-order valence-corrected chi connectivity index (χ0v) is 13.2. The van der Waals surface area contributed by atoms with Crippen LogP contribution in [-0.4, -0.2) is 5.11 Å². The summed E-state index contributed by atoms with van der Waals surface area (Å²) < 4.78 is 15.4. The van der Waals surface area contributed by atoms with Crippen LogP contribution in [-0.2, 0) is 6.42 Å². The van der Waals surface area contributed by atoms with Crippen molar-refractivity contribution in [1.29, 1.82) is 0 Å². The monoisotopic (exact) mass is 420 g/mol. The van der Waals surface area contributed by atoms with Crippen molar-refractivity contribution in [2.24, 2.45) is 0 Å². The molecule has 0 saturated heterocycles. The number of halogens is 3. The van der Waals surface area contributed by atoms with Crippen molar-refractivity contribution in [3.05, 3.63) is 67.5 Å². The van der Waals surface area contributed by atoms with Crippen LogP contribution < -0.4 is 0 Å². The van der Waals surface area contributed by atoms with Gasteiger partial charge in [0.05, 0.1) is 6.10 Å². The quantitative estimate of drug-likeness (QED) is 0.726. The summed E-state index contributed by atoms with van der Waals surface area (Å²) in [6.45, 7) is 0. The Labute approximate surface area is 127 Å². The average molecular weight is 421 g/mol. The van der Waals surface area contributed by atoms with Crippen molar-refractivity contribution < 1.29 is 9.50 Å². The van der Waals surface area contributed by atoms with Gasteiger partial charge in [0.1, 0.15) is 5.82 Å². The second-order valence-corrected chi connectivity index (χ2v) is 6.08. The summed E-state index contributed by atoms with van der Waals surface area (Å²) in [6.07, 6.45) is -0.447. The van der Waals surface area contributed by atoms with Gasteiger partial charge in [0.25, 0.3) is 0 Å². The van der Waals surface area contributed by atoms with Crippen LogP contribution in [0.2, 0.25) is 0 Å². The van der Waals surface area contributed by atoms with Crippen molar-refractivity contribution >= 4 is 38.5 Å². The number of benzene rings is 2. The lowest BCUT2D eigenvalue weighted by molar-refractivity contribution is 0.176. The molecule has 0 aromatic heterocycles. The van der Waals surface area contributed by atoms with Gasteiger partial charge < -0.3 is 5.11 Å². The minimum atomic E-state index is -0.717. The summed E-state index contributed by atoms with van der Waals surface area (Å²) in [5.74, 6) is -0.279. The highest BCUT2D eigenvalue weighted by Gasteiger charge is 2.14. The SMILES string of the molecule is OC(Cc1ccccc1F)c1cc(I)ccc1Br. The molecule has 0 aliphatic rings. The Morgan fingerprint density at radius 1 is 1.22 bits per heavy atom. The van der Waals surface area contributed by atoms with E-state index in [4.69, 9.17) is 0 Å². The Balaban J connectivity index is 2.25. The second-order valence-electron chi connectivity index (χ2n) is 3.98. The van der Waals surface area contributed by atoms with Crippen molar-refractivity contribution in [3.63, 3.8) is 0 Å². The third-order valence-electron chi connectivity index (χ3n) is 2.69. The molecule has 0 radical (unpaired) electrons. The van der Waals surface area contributed by atoms with E-state index < -0.39 is 6.10 Å². The minimum Gasteiger partial charge on any atom is -0.388 e. The molecule has 0 aliphatic carbocycles. The molecular weight excluding hydrogens is 410 g/mol. The van der Waals surface area contributed by atoms with Crippen molar-refractivity contribution in [3.8, 4) is 0 Å². The maximum absolute atomic E-state index is 13.5. The van der Waals surface area contributed by atoms with Crippen molar-refractivity contribution in [1.82, 2.24) is 0 Å². The van der Waals surface area contributed by atoms with Gasteiger partial charge in [-0.05, 0) is 58.0 Å².